The van der Waals surface area contributed by atoms with Crippen molar-refractivity contribution in [2.24, 2.45) is 0 Å². The topological polar surface area (TPSA) is 20.3 Å². The number of hydrogen-bond acceptors (Lipinski definition) is 1. The first kappa shape index (κ1) is 10.9. The molecule has 4 heteroatoms. The van der Waals surface area contributed by atoms with Gasteiger partial charge in [-0.05, 0) is 52.8 Å². The normalized spacial score (nSPS) is 14.5. The van der Waals surface area contributed by atoms with Crippen molar-refractivity contribution in [2.75, 3.05) is 18.1 Å². The van der Waals surface area contributed by atoms with E-state index < -0.39 is 0 Å². The van der Waals surface area contributed by atoms with Crippen LogP contribution in [0.2, 0.25) is 0 Å². The molecule has 2 rings (SSSR count). The molecule has 0 spiro atoms. The lowest BCUT2D eigenvalue weighted by Gasteiger charge is -2.16. The van der Waals surface area contributed by atoms with Gasteiger partial charge in [-0.2, -0.15) is 0 Å². The van der Waals surface area contributed by atoms with Crippen LogP contribution < -0.4 is 4.90 Å². The van der Waals surface area contributed by atoms with Crippen molar-refractivity contribution < 1.29 is 9.18 Å². The van der Waals surface area contributed by atoms with Crippen LogP contribution in [0.15, 0.2) is 18.2 Å². The third kappa shape index (κ3) is 2.14. The van der Waals surface area contributed by atoms with Crippen molar-refractivity contribution in [3.05, 3.63) is 27.3 Å². The standard InChI is InChI=1S/C11H11FINO/c12-4-1-5-14-10-3-2-9(13)6-8(10)7-11(14)15/h2-3,6H,1,4-5,7H2. The number of benzene rings is 1. The monoisotopic (exact) mass is 319 g/mol. The molecule has 1 heterocycles. The molecular weight excluding hydrogens is 308 g/mol. The molecule has 0 N–H and O–H groups in total. The second kappa shape index (κ2) is 4.47. The fourth-order valence-electron chi connectivity index (χ4n) is 1.81. The van der Waals surface area contributed by atoms with Crippen LogP contribution in [0.1, 0.15) is 12.0 Å². The Hall–Kier alpha value is -0.650. The second-order valence-electron chi connectivity index (χ2n) is 3.54. The molecule has 15 heavy (non-hydrogen) atoms. The largest absolute Gasteiger partial charge is 0.312 e. The van der Waals surface area contributed by atoms with E-state index in [0.717, 1.165) is 14.8 Å². The van der Waals surface area contributed by atoms with Crippen molar-refractivity contribution in [1.82, 2.24) is 0 Å². The highest BCUT2D eigenvalue weighted by molar-refractivity contribution is 14.1. The Bertz CT molecular complexity index is 394. The van der Waals surface area contributed by atoms with Crippen molar-refractivity contribution in [3.63, 3.8) is 0 Å². The van der Waals surface area contributed by atoms with Gasteiger partial charge >= 0.3 is 0 Å². The average Bonchev–Trinajstić information content (AvgIpc) is 2.50. The molecule has 2 nitrogen and oxygen atoms in total. The number of halogens is 2. The van der Waals surface area contributed by atoms with Gasteiger partial charge in [0.15, 0.2) is 0 Å². The fourth-order valence-corrected chi connectivity index (χ4v) is 2.37. The first-order valence-electron chi connectivity index (χ1n) is 4.87. The summed E-state index contributed by atoms with van der Waals surface area (Å²) in [4.78, 5) is 13.3. The van der Waals surface area contributed by atoms with Crippen LogP contribution in [-0.2, 0) is 11.2 Å². The summed E-state index contributed by atoms with van der Waals surface area (Å²) in [5.74, 6) is 0.0838. The Labute approximate surface area is 102 Å². The van der Waals surface area contributed by atoms with E-state index >= 15 is 0 Å². The van der Waals surface area contributed by atoms with Crippen molar-refractivity contribution in [1.29, 1.82) is 0 Å². The van der Waals surface area contributed by atoms with E-state index in [4.69, 9.17) is 0 Å². The predicted molar refractivity (Wildman–Crippen MR) is 65.8 cm³/mol. The molecule has 80 valence electrons. The van der Waals surface area contributed by atoms with Crippen molar-refractivity contribution >= 4 is 34.2 Å². The maximum atomic E-state index is 12.1. The minimum Gasteiger partial charge on any atom is -0.312 e. The van der Waals surface area contributed by atoms with Gasteiger partial charge in [-0.15, -0.1) is 0 Å². The number of anilines is 1. The summed E-state index contributed by atoms with van der Waals surface area (Å²) in [5, 5.41) is 0. The van der Waals surface area contributed by atoms with Gasteiger partial charge in [-0.3, -0.25) is 9.18 Å². The number of amides is 1. The molecular formula is C11H11FINO. The molecule has 0 saturated carbocycles. The van der Waals surface area contributed by atoms with Crippen LogP contribution in [-0.4, -0.2) is 19.1 Å². The predicted octanol–water partition coefficient (Wildman–Crippen LogP) is 2.54. The lowest BCUT2D eigenvalue weighted by atomic mass is 10.2. The molecule has 0 aliphatic carbocycles. The Morgan fingerprint density at radius 1 is 1.47 bits per heavy atom. The van der Waals surface area contributed by atoms with Gasteiger partial charge in [0, 0.05) is 15.8 Å². The number of carbonyl (C=O) groups excluding carboxylic acids is 1. The van der Waals surface area contributed by atoms with E-state index in [0.29, 0.717) is 19.4 Å². The van der Waals surface area contributed by atoms with E-state index in [-0.39, 0.29) is 12.6 Å². The van der Waals surface area contributed by atoms with Crippen molar-refractivity contribution in [3.8, 4) is 0 Å². The van der Waals surface area contributed by atoms with Gasteiger partial charge in [0.25, 0.3) is 0 Å². The van der Waals surface area contributed by atoms with Crippen LogP contribution in [0.5, 0.6) is 0 Å². The summed E-state index contributed by atoms with van der Waals surface area (Å²) in [6.07, 6.45) is 0.871. The highest BCUT2D eigenvalue weighted by Crippen LogP contribution is 2.30. The van der Waals surface area contributed by atoms with E-state index in [2.05, 4.69) is 22.6 Å². The van der Waals surface area contributed by atoms with Crippen LogP contribution in [0.4, 0.5) is 10.1 Å². The Balaban J connectivity index is 2.25. The maximum Gasteiger partial charge on any atom is 0.231 e. The molecule has 0 saturated heterocycles. The number of rotatable bonds is 3. The molecule has 0 bridgehead atoms. The molecule has 1 aliphatic rings. The first-order chi connectivity index (χ1) is 7.22. The Morgan fingerprint density at radius 2 is 2.27 bits per heavy atom. The first-order valence-corrected chi connectivity index (χ1v) is 5.95. The minimum absolute atomic E-state index is 0.0838. The minimum atomic E-state index is -0.372. The molecule has 0 fully saturated rings. The Morgan fingerprint density at radius 3 is 3.00 bits per heavy atom. The molecule has 0 aromatic heterocycles. The number of hydrogen-bond donors (Lipinski definition) is 0. The van der Waals surface area contributed by atoms with E-state index in [1.165, 1.54) is 0 Å². The summed E-state index contributed by atoms with van der Waals surface area (Å²) < 4.78 is 13.2. The summed E-state index contributed by atoms with van der Waals surface area (Å²) in [7, 11) is 0. The summed E-state index contributed by atoms with van der Waals surface area (Å²) in [5.41, 5.74) is 2.01. The maximum absolute atomic E-state index is 12.1. The van der Waals surface area contributed by atoms with Gasteiger partial charge in [-0.25, -0.2) is 0 Å². The molecule has 0 radical (unpaired) electrons. The summed E-state index contributed by atoms with van der Waals surface area (Å²) in [6, 6.07) is 5.93. The molecule has 0 atom stereocenters. The van der Waals surface area contributed by atoms with Gasteiger partial charge < -0.3 is 4.90 Å². The van der Waals surface area contributed by atoms with E-state index in [1.54, 1.807) is 4.90 Å². The summed E-state index contributed by atoms with van der Waals surface area (Å²) in [6.45, 7) is 0.117. The zero-order chi connectivity index (χ0) is 10.8. The lowest BCUT2D eigenvalue weighted by Crippen LogP contribution is -2.27. The van der Waals surface area contributed by atoms with Gasteiger partial charge in [0.2, 0.25) is 5.91 Å². The Kier molecular flexibility index (Phi) is 3.23. The van der Waals surface area contributed by atoms with Crippen LogP contribution in [0, 0.1) is 3.57 Å². The average molecular weight is 319 g/mol. The SMILES string of the molecule is O=C1Cc2cc(I)ccc2N1CCCF. The third-order valence-electron chi connectivity index (χ3n) is 2.49. The number of carbonyl (C=O) groups is 1. The third-order valence-corrected chi connectivity index (χ3v) is 3.16. The molecule has 1 aromatic carbocycles. The highest BCUT2D eigenvalue weighted by atomic mass is 127. The van der Waals surface area contributed by atoms with Gasteiger partial charge in [0.05, 0.1) is 13.1 Å². The molecule has 1 aliphatic heterocycles. The van der Waals surface area contributed by atoms with Crippen LogP contribution in [0.3, 0.4) is 0 Å². The lowest BCUT2D eigenvalue weighted by molar-refractivity contribution is -0.117. The van der Waals surface area contributed by atoms with E-state index in [9.17, 15) is 9.18 Å². The number of alkyl halides is 1. The highest BCUT2D eigenvalue weighted by Gasteiger charge is 2.26. The smallest absolute Gasteiger partial charge is 0.231 e. The van der Waals surface area contributed by atoms with Crippen molar-refractivity contribution in [2.45, 2.75) is 12.8 Å². The summed E-state index contributed by atoms with van der Waals surface area (Å²) >= 11 is 2.23. The second-order valence-corrected chi connectivity index (χ2v) is 4.78. The quantitative estimate of drug-likeness (QED) is 0.784. The molecule has 0 unspecified atom stereocenters. The molecule has 1 amide bonds. The van der Waals surface area contributed by atoms with Crippen LogP contribution in [0.25, 0.3) is 0 Å². The van der Waals surface area contributed by atoms with Gasteiger partial charge in [0.1, 0.15) is 0 Å². The van der Waals surface area contributed by atoms with E-state index in [1.807, 2.05) is 18.2 Å². The fraction of sp³-hybridized carbons (Fsp3) is 0.364. The number of fused-ring (bicyclic) bond motifs is 1. The zero-order valence-electron chi connectivity index (χ0n) is 8.17. The zero-order valence-corrected chi connectivity index (χ0v) is 10.3. The van der Waals surface area contributed by atoms with Gasteiger partial charge in [-0.1, -0.05) is 0 Å². The number of nitrogens with zero attached hydrogens (tertiary/aromatic N) is 1. The molecule has 1 aromatic rings. The van der Waals surface area contributed by atoms with Crippen LogP contribution >= 0.6 is 22.6 Å².